The quantitative estimate of drug-likeness (QED) is 0.436. The molecule has 2 aromatic carbocycles. The largest absolute Gasteiger partial charge is 0.295 e. The van der Waals surface area contributed by atoms with Crippen molar-refractivity contribution in [3.05, 3.63) is 82.9 Å². The Balaban J connectivity index is 1.64. The molecule has 152 valence electrons. The van der Waals surface area contributed by atoms with Gasteiger partial charge in [-0.1, -0.05) is 70.5 Å². The van der Waals surface area contributed by atoms with Gasteiger partial charge in [-0.15, -0.1) is 0 Å². The number of carbonyl (C=O) groups is 1. The molecule has 0 amide bonds. The highest BCUT2D eigenvalue weighted by Crippen LogP contribution is 2.27. The van der Waals surface area contributed by atoms with Crippen LogP contribution in [-0.2, 0) is 14.8 Å². The number of nitrogens with zero attached hydrogens (tertiary/aromatic N) is 1. The van der Waals surface area contributed by atoms with Crippen molar-refractivity contribution in [2.75, 3.05) is 13.1 Å². The lowest BCUT2D eigenvalue weighted by Gasteiger charge is -2.30. The second kappa shape index (κ2) is 9.65. The molecular weight excluding hydrogens is 450 g/mol. The molecule has 0 bridgehead atoms. The Bertz CT molecular complexity index is 1000. The summed E-state index contributed by atoms with van der Waals surface area (Å²) in [5.74, 6) is -0.106. The summed E-state index contributed by atoms with van der Waals surface area (Å²) in [6, 6.07) is 18.3. The van der Waals surface area contributed by atoms with Crippen LogP contribution in [0, 0.1) is 5.92 Å². The van der Waals surface area contributed by atoms with E-state index in [1.807, 2.05) is 43.3 Å². The number of hydrogen-bond acceptors (Lipinski definition) is 3. The zero-order chi connectivity index (χ0) is 20.9. The summed E-state index contributed by atoms with van der Waals surface area (Å²) in [7, 11) is -3.49. The number of allylic oxidation sites excluding steroid dienone is 4. The zero-order valence-electron chi connectivity index (χ0n) is 16.3. The summed E-state index contributed by atoms with van der Waals surface area (Å²) in [4.78, 5) is 13.0. The van der Waals surface area contributed by atoms with Crippen LogP contribution >= 0.6 is 15.9 Å². The number of rotatable bonds is 6. The first-order valence-corrected chi connectivity index (χ1v) is 11.8. The van der Waals surface area contributed by atoms with E-state index in [4.69, 9.17) is 0 Å². The normalized spacial score (nSPS) is 17.3. The summed E-state index contributed by atoms with van der Waals surface area (Å²) in [6.45, 7) is 2.67. The van der Waals surface area contributed by atoms with Crippen molar-refractivity contribution in [1.29, 1.82) is 0 Å². The molecule has 0 radical (unpaired) electrons. The van der Waals surface area contributed by atoms with Gasteiger partial charge in [0.05, 0.1) is 4.90 Å². The maximum atomic E-state index is 12.7. The van der Waals surface area contributed by atoms with Crippen LogP contribution < -0.4 is 0 Å². The van der Waals surface area contributed by atoms with E-state index in [0.717, 1.165) is 15.6 Å². The molecule has 0 atom stereocenters. The third-order valence-electron chi connectivity index (χ3n) is 5.11. The second-order valence-corrected chi connectivity index (χ2v) is 10.2. The van der Waals surface area contributed by atoms with E-state index in [1.54, 1.807) is 36.4 Å². The van der Waals surface area contributed by atoms with Crippen LogP contribution in [0.15, 0.2) is 82.2 Å². The molecule has 4 nitrogen and oxygen atoms in total. The van der Waals surface area contributed by atoms with Gasteiger partial charge in [0.1, 0.15) is 0 Å². The van der Waals surface area contributed by atoms with Crippen molar-refractivity contribution >= 4 is 37.3 Å². The maximum absolute atomic E-state index is 12.7. The van der Waals surface area contributed by atoms with E-state index in [1.165, 1.54) is 4.31 Å². The summed E-state index contributed by atoms with van der Waals surface area (Å²) in [6.07, 6.45) is 4.54. The Labute approximate surface area is 181 Å². The minimum Gasteiger partial charge on any atom is -0.295 e. The Kier molecular flexibility index (Phi) is 7.22. The van der Waals surface area contributed by atoms with E-state index in [2.05, 4.69) is 15.9 Å². The SMILES string of the molecule is C/C(Br)=C(\C=C\C(=O)C1CCN(S(=O)(=O)c2ccccc2)CC1)c1ccccc1. The molecule has 0 aromatic heterocycles. The number of carbonyl (C=O) groups excluding carboxylic acids is 1. The van der Waals surface area contributed by atoms with E-state index >= 15 is 0 Å². The average Bonchev–Trinajstić information content (AvgIpc) is 2.75. The monoisotopic (exact) mass is 473 g/mol. The minimum absolute atomic E-state index is 0.0453. The van der Waals surface area contributed by atoms with Crippen LogP contribution in [0.1, 0.15) is 25.3 Å². The molecule has 0 unspecified atom stereocenters. The number of halogens is 1. The third kappa shape index (κ3) is 5.32. The molecule has 0 aliphatic carbocycles. The third-order valence-corrected chi connectivity index (χ3v) is 7.45. The van der Waals surface area contributed by atoms with Gasteiger partial charge < -0.3 is 0 Å². The molecule has 1 saturated heterocycles. The Hall–Kier alpha value is -2.02. The average molecular weight is 474 g/mol. The lowest BCUT2D eigenvalue weighted by Crippen LogP contribution is -2.39. The maximum Gasteiger partial charge on any atom is 0.243 e. The molecule has 29 heavy (non-hydrogen) atoms. The predicted octanol–water partition coefficient (Wildman–Crippen LogP) is 5.04. The number of hydrogen-bond donors (Lipinski definition) is 0. The van der Waals surface area contributed by atoms with Crippen LogP contribution in [0.4, 0.5) is 0 Å². The van der Waals surface area contributed by atoms with Gasteiger partial charge in [-0.25, -0.2) is 8.42 Å². The van der Waals surface area contributed by atoms with Crippen LogP contribution in [0.3, 0.4) is 0 Å². The predicted molar refractivity (Wildman–Crippen MR) is 120 cm³/mol. The fourth-order valence-corrected chi connectivity index (χ4v) is 5.30. The van der Waals surface area contributed by atoms with Gasteiger partial charge >= 0.3 is 0 Å². The van der Waals surface area contributed by atoms with Crippen LogP contribution in [0.5, 0.6) is 0 Å². The Morgan fingerprint density at radius 1 is 0.966 bits per heavy atom. The molecule has 0 spiro atoms. The number of ketones is 1. The number of piperidine rings is 1. The summed E-state index contributed by atoms with van der Waals surface area (Å²) < 4.78 is 27.9. The highest BCUT2D eigenvalue weighted by molar-refractivity contribution is 9.11. The smallest absolute Gasteiger partial charge is 0.243 e. The molecule has 1 fully saturated rings. The molecule has 1 aliphatic heterocycles. The van der Waals surface area contributed by atoms with E-state index in [0.29, 0.717) is 30.8 Å². The molecule has 2 aromatic rings. The Morgan fingerprint density at radius 2 is 1.52 bits per heavy atom. The topological polar surface area (TPSA) is 54.5 Å². The summed E-state index contributed by atoms with van der Waals surface area (Å²) in [5.41, 5.74) is 2.00. The molecule has 0 N–H and O–H groups in total. The van der Waals surface area contributed by atoms with Gasteiger partial charge in [-0.2, -0.15) is 4.31 Å². The van der Waals surface area contributed by atoms with Crippen molar-refractivity contribution in [2.24, 2.45) is 5.92 Å². The van der Waals surface area contributed by atoms with Crippen molar-refractivity contribution in [1.82, 2.24) is 4.31 Å². The standard InChI is InChI=1S/C23H24BrNO3S/c1-18(24)22(19-8-4-2-5-9-19)12-13-23(26)20-14-16-25(17-15-20)29(27,28)21-10-6-3-7-11-21/h2-13,20H,14-17H2,1H3/b13-12+,22-18-. The van der Waals surface area contributed by atoms with Gasteiger partial charge in [-0.05, 0) is 53.6 Å². The first-order valence-electron chi connectivity index (χ1n) is 9.58. The van der Waals surface area contributed by atoms with Gasteiger partial charge in [0.2, 0.25) is 10.0 Å². The number of benzene rings is 2. The van der Waals surface area contributed by atoms with Crippen molar-refractivity contribution in [2.45, 2.75) is 24.7 Å². The second-order valence-electron chi connectivity index (χ2n) is 7.04. The molecule has 0 saturated carbocycles. The molecule has 1 aliphatic rings. The fraction of sp³-hybridized carbons (Fsp3) is 0.261. The van der Waals surface area contributed by atoms with Crippen LogP contribution in [-0.4, -0.2) is 31.6 Å². The lowest BCUT2D eigenvalue weighted by molar-refractivity contribution is -0.119. The van der Waals surface area contributed by atoms with Gasteiger partial charge in [0.25, 0.3) is 0 Å². The highest BCUT2D eigenvalue weighted by atomic mass is 79.9. The first-order chi connectivity index (χ1) is 13.9. The van der Waals surface area contributed by atoms with Gasteiger partial charge in [-0.3, -0.25) is 4.79 Å². The number of sulfonamides is 1. The minimum atomic E-state index is -3.49. The van der Waals surface area contributed by atoms with Crippen molar-refractivity contribution in [3.63, 3.8) is 0 Å². The van der Waals surface area contributed by atoms with Crippen molar-refractivity contribution in [3.8, 4) is 0 Å². The fourth-order valence-electron chi connectivity index (χ4n) is 3.45. The van der Waals surface area contributed by atoms with Crippen LogP contribution in [0.2, 0.25) is 0 Å². The van der Waals surface area contributed by atoms with Gasteiger partial charge in [0.15, 0.2) is 5.78 Å². The zero-order valence-corrected chi connectivity index (χ0v) is 18.7. The van der Waals surface area contributed by atoms with E-state index in [-0.39, 0.29) is 11.7 Å². The highest BCUT2D eigenvalue weighted by Gasteiger charge is 2.31. The molecule has 3 rings (SSSR count). The summed E-state index contributed by atoms with van der Waals surface area (Å²) in [5, 5.41) is 0. The Morgan fingerprint density at radius 3 is 2.07 bits per heavy atom. The molecular formula is C23H24BrNO3S. The van der Waals surface area contributed by atoms with Crippen molar-refractivity contribution < 1.29 is 13.2 Å². The lowest BCUT2D eigenvalue weighted by atomic mass is 9.92. The molecule has 1 heterocycles. The first kappa shape index (κ1) is 21.7. The van der Waals surface area contributed by atoms with Gasteiger partial charge in [0, 0.05) is 19.0 Å². The molecule has 6 heteroatoms. The summed E-state index contributed by atoms with van der Waals surface area (Å²) >= 11 is 3.52. The van der Waals surface area contributed by atoms with Crippen LogP contribution in [0.25, 0.3) is 5.57 Å². The van der Waals surface area contributed by atoms with E-state index < -0.39 is 10.0 Å². The van der Waals surface area contributed by atoms with E-state index in [9.17, 15) is 13.2 Å².